The normalized spacial score (nSPS) is 19.8. The largest absolute Gasteiger partial charge is 0.497 e. The van der Waals surface area contributed by atoms with Crippen LogP contribution in [0, 0.1) is 5.92 Å². The van der Waals surface area contributed by atoms with Gasteiger partial charge in [0.05, 0.1) is 37.5 Å². The second-order valence-corrected chi connectivity index (χ2v) is 13.0. The highest BCUT2D eigenvalue weighted by molar-refractivity contribution is 5.99. The number of hydrogen-bond donors (Lipinski definition) is 3. The van der Waals surface area contributed by atoms with Crippen molar-refractivity contribution >= 4 is 29.2 Å². The minimum absolute atomic E-state index is 0.131. The fourth-order valence-electron chi connectivity index (χ4n) is 5.49. The molecular weight excluding hydrogens is 614 g/mol. The Balaban J connectivity index is 1.85. The van der Waals surface area contributed by atoms with Crippen molar-refractivity contribution in [2.24, 2.45) is 5.92 Å². The number of rotatable bonds is 11. The van der Waals surface area contributed by atoms with Crippen molar-refractivity contribution < 1.29 is 33.7 Å². The standard InChI is InChI=1S/C36H55N5O7/c1-25-22-41(26(2)24-42)35(44)31-21-29(37-34(43)12-10-19-39(4)5)15-18-32(31)48-27(3)11-8-9-20-47-33(25)23-40(6)36(45)38-28-13-16-30(46-7)17-14-28/h13-18,21,25-27,33,42H,8-12,19-20,22-24H2,1-7H3,(H,37,43)(H,38,45)/t25-,26-,27-,33-/m1/s1. The summed E-state index contributed by atoms with van der Waals surface area (Å²) in [6, 6.07) is 11.4. The van der Waals surface area contributed by atoms with E-state index in [1.54, 1.807) is 73.3 Å². The summed E-state index contributed by atoms with van der Waals surface area (Å²) in [4.78, 5) is 45.4. The van der Waals surface area contributed by atoms with Crippen molar-refractivity contribution in [2.45, 2.75) is 71.1 Å². The van der Waals surface area contributed by atoms with Crippen LogP contribution in [0.3, 0.4) is 0 Å². The predicted molar refractivity (Wildman–Crippen MR) is 188 cm³/mol. The SMILES string of the molecule is COc1ccc(NC(=O)N(C)C[C@H]2OCCCC[C@@H](C)Oc3ccc(NC(=O)CCCN(C)C)cc3C(=O)N([C@H](C)CO)C[C@H]2C)cc1. The van der Waals surface area contributed by atoms with E-state index in [9.17, 15) is 19.5 Å². The van der Waals surface area contributed by atoms with Gasteiger partial charge in [-0.3, -0.25) is 9.59 Å². The number of benzene rings is 2. The average Bonchev–Trinajstić information content (AvgIpc) is 3.06. The average molecular weight is 670 g/mol. The van der Waals surface area contributed by atoms with Crippen molar-refractivity contribution in [1.82, 2.24) is 14.7 Å². The Morgan fingerprint density at radius 1 is 1.06 bits per heavy atom. The maximum Gasteiger partial charge on any atom is 0.321 e. The third kappa shape index (κ3) is 12.0. The van der Waals surface area contributed by atoms with Gasteiger partial charge in [-0.05, 0) is 103 Å². The number of carbonyl (C=O) groups is 3. The van der Waals surface area contributed by atoms with Crippen LogP contribution < -0.4 is 20.1 Å². The van der Waals surface area contributed by atoms with E-state index in [4.69, 9.17) is 14.2 Å². The summed E-state index contributed by atoms with van der Waals surface area (Å²) in [5.74, 6) is 0.467. The molecule has 266 valence electrons. The van der Waals surface area contributed by atoms with Crippen LogP contribution in [-0.4, -0.2) is 117 Å². The summed E-state index contributed by atoms with van der Waals surface area (Å²) >= 11 is 0. The first-order valence-corrected chi connectivity index (χ1v) is 16.9. The number of methoxy groups -OCH3 is 1. The van der Waals surface area contributed by atoms with E-state index in [0.717, 1.165) is 25.8 Å². The Kier molecular flexibility index (Phi) is 15.4. The zero-order valence-corrected chi connectivity index (χ0v) is 29.7. The topological polar surface area (TPSA) is 133 Å². The van der Waals surface area contributed by atoms with Crippen LogP contribution in [0.4, 0.5) is 16.2 Å². The Morgan fingerprint density at radius 3 is 2.44 bits per heavy atom. The molecule has 2 aromatic carbocycles. The number of hydrogen-bond acceptors (Lipinski definition) is 8. The molecule has 1 aliphatic heterocycles. The number of nitrogens with one attached hydrogen (secondary N) is 2. The van der Waals surface area contributed by atoms with Crippen molar-refractivity contribution in [1.29, 1.82) is 0 Å². The summed E-state index contributed by atoms with van der Waals surface area (Å²) in [6.45, 7) is 7.33. The number of aliphatic hydroxyl groups is 1. The maximum absolute atomic E-state index is 14.3. The van der Waals surface area contributed by atoms with Gasteiger partial charge in [0.25, 0.3) is 5.91 Å². The summed E-state index contributed by atoms with van der Waals surface area (Å²) < 4.78 is 17.9. The number of carbonyl (C=O) groups excluding carboxylic acids is 3. The maximum atomic E-state index is 14.3. The summed E-state index contributed by atoms with van der Waals surface area (Å²) in [7, 11) is 7.23. The molecule has 0 fully saturated rings. The molecule has 0 aromatic heterocycles. The van der Waals surface area contributed by atoms with Gasteiger partial charge >= 0.3 is 6.03 Å². The highest BCUT2D eigenvalue weighted by atomic mass is 16.5. The third-order valence-electron chi connectivity index (χ3n) is 8.49. The van der Waals surface area contributed by atoms with Crippen molar-refractivity contribution in [3.05, 3.63) is 48.0 Å². The van der Waals surface area contributed by atoms with Gasteiger partial charge in [-0.1, -0.05) is 6.92 Å². The van der Waals surface area contributed by atoms with E-state index in [1.165, 1.54) is 0 Å². The van der Waals surface area contributed by atoms with E-state index in [-0.39, 0.29) is 49.1 Å². The first kappa shape index (κ1) is 38.6. The van der Waals surface area contributed by atoms with Crippen LogP contribution in [0.1, 0.15) is 63.2 Å². The molecular formula is C36H55N5O7. The fraction of sp³-hybridized carbons (Fsp3) is 0.583. The quantitative estimate of drug-likeness (QED) is 0.307. The van der Waals surface area contributed by atoms with Gasteiger partial charge in [-0.15, -0.1) is 0 Å². The van der Waals surface area contributed by atoms with Gasteiger partial charge in [-0.2, -0.15) is 0 Å². The molecule has 48 heavy (non-hydrogen) atoms. The number of likely N-dealkylation sites (N-methyl/N-ethyl adjacent to an activating group) is 1. The molecule has 2 aromatic rings. The van der Waals surface area contributed by atoms with Gasteiger partial charge in [-0.25, -0.2) is 4.79 Å². The molecule has 0 bridgehead atoms. The van der Waals surface area contributed by atoms with Crippen molar-refractivity contribution in [2.75, 3.05) is 71.7 Å². The summed E-state index contributed by atoms with van der Waals surface area (Å²) in [5.41, 5.74) is 1.45. The number of anilines is 2. The number of ether oxygens (including phenoxy) is 3. The molecule has 0 unspecified atom stereocenters. The molecule has 3 N–H and O–H groups in total. The highest BCUT2D eigenvalue weighted by Gasteiger charge is 2.31. The molecule has 0 saturated heterocycles. The lowest BCUT2D eigenvalue weighted by molar-refractivity contribution is -0.116. The minimum Gasteiger partial charge on any atom is -0.497 e. The molecule has 4 atom stereocenters. The molecule has 0 radical (unpaired) electrons. The van der Waals surface area contributed by atoms with E-state index in [2.05, 4.69) is 10.6 Å². The minimum atomic E-state index is -0.515. The number of fused-ring (bicyclic) bond motifs is 1. The van der Waals surface area contributed by atoms with Crippen molar-refractivity contribution in [3.8, 4) is 11.5 Å². The lowest BCUT2D eigenvalue weighted by Crippen LogP contribution is -2.48. The Bertz CT molecular complexity index is 1320. The van der Waals surface area contributed by atoms with E-state index < -0.39 is 6.04 Å². The monoisotopic (exact) mass is 669 g/mol. The molecule has 1 heterocycles. The molecule has 12 heteroatoms. The zero-order chi connectivity index (χ0) is 35.2. The highest BCUT2D eigenvalue weighted by Crippen LogP contribution is 2.29. The molecule has 1 aliphatic rings. The van der Waals surface area contributed by atoms with Crippen molar-refractivity contribution in [3.63, 3.8) is 0 Å². The first-order chi connectivity index (χ1) is 22.9. The molecule has 12 nitrogen and oxygen atoms in total. The zero-order valence-electron chi connectivity index (χ0n) is 29.7. The van der Waals surface area contributed by atoms with Gasteiger partial charge in [0.2, 0.25) is 5.91 Å². The second kappa shape index (κ2) is 19.2. The number of urea groups is 1. The smallest absolute Gasteiger partial charge is 0.321 e. The predicted octanol–water partition coefficient (Wildman–Crippen LogP) is 4.93. The Morgan fingerprint density at radius 2 is 1.77 bits per heavy atom. The molecule has 0 aliphatic carbocycles. The van der Waals surface area contributed by atoms with Crippen LogP contribution in [0.2, 0.25) is 0 Å². The lowest BCUT2D eigenvalue weighted by atomic mass is 10.0. The van der Waals surface area contributed by atoms with Crippen LogP contribution in [-0.2, 0) is 9.53 Å². The third-order valence-corrected chi connectivity index (χ3v) is 8.49. The van der Waals surface area contributed by atoms with Gasteiger partial charge in [0.15, 0.2) is 0 Å². The molecule has 3 rings (SSSR count). The Labute approximate surface area is 285 Å². The van der Waals surface area contributed by atoms with Crippen LogP contribution in [0.25, 0.3) is 0 Å². The van der Waals surface area contributed by atoms with Gasteiger partial charge < -0.3 is 44.7 Å². The summed E-state index contributed by atoms with van der Waals surface area (Å²) in [6.07, 6.45) is 2.93. The van der Waals surface area contributed by atoms with Gasteiger partial charge in [0.1, 0.15) is 11.5 Å². The second-order valence-electron chi connectivity index (χ2n) is 13.0. The lowest BCUT2D eigenvalue weighted by Gasteiger charge is -2.35. The number of amides is 4. The first-order valence-electron chi connectivity index (χ1n) is 16.9. The molecule has 4 amide bonds. The number of nitrogens with zero attached hydrogens (tertiary/aromatic N) is 3. The van der Waals surface area contributed by atoms with E-state index in [0.29, 0.717) is 54.4 Å². The van der Waals surface area contributed by atoms with E-state index >= 15 is 0 Å². The van der Waals surface area contributed by atoms with Crippen LogP contribution in [0.5, 0.6) is 11.5 Å². The Hall–Kier alpha value is -3.87. The fourth-order valence-corrected chi connectivity index (χ4v) is 5.49. The molecule has 0 spiro atoms. The molecule has 0 saturated carbocycles. The van der Waals surface area contributed by atoms with E-state index in [1.807, 2.05) is 32.8 Å². The van der Waals surface area contributed by atoms with Gasteiger partial charge in [0, 0.05) is 50.5 Å². The van der Waals surface area contributed by atoms with Crippen LogP contribution >= 0.6 is 0 Å². The van der Waals surface area contributed by atoms with Crippen LogP contribution in [0.15, 0.2) is 42.5 Å². The summed E-state index contributed by atoms with van der Waals surface area (Å²) in [5, 5.41) is 16.1. The number of aliphatic hydroxyl groups excluding tert-OH is 1.